The van der Waals surface area contributed by atoms with Crippen LogP contribution in [0.5, 0.6) is 5.75 Å². The van der Waals surface area contributed by atoms with Crippen LogP contribution < -0.4 is 15.4 Å². The molecule has 0 saturated heterocycles. The van der Waals surface area contributed by atoms with E-state index in [0.29, 0.717) is 27.4 Å². The van der Waals surface area contributed by atoms with Gasteiger partial charge in [0, 0.05) is 17.3 Å². The number of nitrogens with zero attached hydrogens (tertiary/aromatic N) is 4. The molecular weight excluding hydrogens is 472 g/mol. The molecule has 0 spiro atoms. The van der Waals surface area contributed by atoms with Gasteiger partial charge in [-0.2, -0.15) is 0 Å². The number of amides is 2. The van der Waals surface area contributed by atoms with Crippen molar-refractivity contribution in [2.75, 3.05) is 18.2 Å². The molecule has 2 amide bonds. The van der Waals surface area contributed by atoms with Gasteiger partial charge in [0.25, 0.3) is 5.91 Å². The van der Waals surface area contributed by atoms with Gasteiger partial charge in [-0.1, -0.05) is 36.0 Å². The Morgan fingerprint density at radius 2 is 2.00 bits per heavy atom. The number of benzene rings is 2. The first-order chi connectivity index (χ1) is 16.5. The molecular formula is C23H22N6O3S2. The SMILES string of the molecule is COc1ccccc1C(=O)NCc1nnc(SCC(=O)Nc2nccs2)n1-c1cccc(C)c1. The van der Waals surface area contributed by atoms with E-state index >= 15 is 0 Å². The normalized spacial score (nSPS) is 10.6. The fourth-order valence-corrected chi connectivity index (χ4v) is 4.51. The molecule has 0 unspecified atom stereocenters. The van der Waals surface area contributed by atoms with Gasteiger partial charge in [-0.3, -0.25) is 14.2 Å². The number of aromatic nitrogens is 4. The number of carbonyl (C=O) groups excluding carboxylic acids is 2. The highest BCUT2D eigenvalue weighted by molar-refractivity contribution is 7.99. The Labute approximate surface area is 204 Å². The van der Waals surface area contributed by atoms with Crippen LogP contribution >= 0.6 is 23.1 Å². The molecule has 0 aliphatic carbocycles. The summed E-state index contributed by atoms with van der Waals surface area (Å²) in [4.78, 5) is 29.2. The van der Waals surface area contributed by atoms with E-state index in [4.69, 9.17) is 4.74 Å². The number of thioether (sulfide) groups is 1. The summed E-state index contributed by atoms with van der Waals surface area (Å²) in [7, 11) is 1.52. The van der Waals surface area contributed by atoms with E-state index in [1.54, 1.807) is 35.8 Å². The van der Waals surface area contributed by atoms with Gasteiger partial charge in [0.1, 0.15) is 5.75 Å². The van der Waals surface area contributed by atoms with Crippen molar-refractivity contribution in [3.63, 3.8) is 0 Å². The first-order valence-electron chi connectivity index (χ1n) is 10.3. The van der Waals surface area contributed by atoms with Gasteiger partial charge in [-0.15, -0.1) is 21.5 Å². The molecule has 0 atom stereocenters. The second kappa shape index (κ2) is 10.9. The monoisotopic (exact) mass is 494 g/mol. The van der Waals surface area contributed by atoms with Crippen molar-refractivity contribution < 1.29 is 14.3 Å². The van der Waals surface area contributed by atoms with Crippen LogP contribution in [-0.2, 0) is 11.3 Å². The van der Waals surface area contributed by atoms with E-state index in [1.165, 1.54) is 30.2 Å². The quantitative estimate of drug-likeness (QED) is 0.341. The molecule has 9 nitrogen and oxygen atoms in total. The van der Waals surface area contributed by atoms with Crippen LogP contribution in [0.4, 0.5) is 5.13 Å². The highest BCUT2D eigenvalue weighted by Gasteiger charge is 2.18. The number of thiazole rings is 1. The second-order valence-electron chi connectivity index (χ2n) is 7.13. The Morgan fingerprint density at radius 1 is 1.15 bits per heavy atom. The number of nitrogens with one attached hydrogen (secondary N) is 2. The third kappa shape index (κ3) is 5.61. The number of ether oxygens (including phenoxy) is 1. The zero-order chi connectivity index (χ0) is 23.9. The van der Waals surface area contributed by atoms with Gasteiger partial charge >= 0.3 is 0 Å². The minimum absolute atomic E-state index is 0.136. The average molecular weight is 495 g/mol. The highest BCUT2D eigenvalue weighted by atomic mass is 32.2. The number of anilines is 1. The summed E-state index contributed by atoms with van der Waals surface area (Å²) in [5.41, 5.74) is 2.34. The zero-order valence-corrected chi connectivity index (χ0v) is 20.2. The number of hydrogen-bond donors (Lipinski definition) is 2. The van der Waals surface area contributed by atoms with Gasteiger partial charge in [0.2, 0.25) is 5.91 Å². The van der Waals surface area contributed by atoms with Gasteiger partial charge < -0.3 is 15.4 Å². The lowest BCUT2D eigenvalue weighted by Crippen LogP contribution is -2.25. The Bertz CT molecular complexity index is 1290. The lowest BCUT2D eigenvalue weighted by atomic mass is 10.2. The Morgan fingerprint density at radius 3 is 2.76 bits per heavy atom. The van der Waals surface area contributed by atoms with Gasteiger partial charge in [-0.25, -0.2) is 4.98 Å². The summed E-state index contributed by atoms with van der Waals surface area (Å²) in [6, 6.07) is 14.9. The second-order valence-corrected chi connectivity index (χ2v) is 8.97. The molecule has 2 aromatic carbocycles. The Balaban J connectivity index is 1.53. The third-order valence-corrected chi connectivity index (χ3v) is 6.35. The third-order valence-electron chi connectivity index (χ3n) is 4.73. The van der Waals surface area contributed by atoms with Crippen molar-refractivity contribution in [3.05, 3.63) is 77.1 Å². The number of methoxy groups -OCH3 is 1. The molecule has 0 bridgehead atoms. The summed E-state index contributed by atoms with van der Waals surface area (Å²) in [6.45, 7) is 2.13. The standard InChI is InChI=1S/C23H22N6O3S2/c1-15-6-5-7-16(12-15)29-19(13-25-21(31)17-8-3-4-9-18(17)32-2)27-28-23(29)34-14-20(30)26-22-24-10-11-33-22/h3-12H,13-14H2,1-2H3,(H,25,31)(H,24,26,30). The van der Waals surface area contributed by atoms with Crippen molar-refractivity contribution in [2.45, 2.75) is 18.6 Å². The largest absolute Gasteiger partial charge is 0.496 e. The van der Waals surface area contributed by atoms with E-state index in [1.807, 2.05) is 35.8 Å². The van der Waals surface area contributed by atoms with Crippen LogP contribution in [0.15, 0.2) is 65.3 Å². The van der Waals surface area contributed by atoms with Crippen molar-refractivity contribution in [1.29, 1.82) is 0 Å². The highest BCUT2D eigenvalue weighted by Crippen LogP contribution is 2.24. The number of hydrogen-bond acceptors (Lipinski definition) is 8. The molecule has 2 N–H and O–H groups in total. The van der Waals surface area contributed by atoms with Gasteiger partial charge in [0.15, 0.2) is 16.1 Å². The lowest BCUT2D eigenvalue weighted by Gasteiger charge is -2.12. The van der Waals surface area contributed by atoms with Crippen molar-refractivity contribution in [1.82, 2.24) is 25.1 Å². The molecule has 0 fully saturated rings. The van der Waals surface area contributed by atoms with E-state index < -0.39 is 0 Å². The smallest absolute Gasteiger partial charge is 0.255 e. The van der Waals surface area contributed by atoms with Gasteiger partial charge in [-0.05, 0) is 36.8 Å². The van der Waals surface area contributed by atoms with E-state index in [-0.39, 0.29) is 24.1 Å². The predicted molar refractivity (Wildman–Crippen MR) is 132 cm³/mol. The lowest BCUT2D eigenvalue weighted by molar-refractivity contribution is -0.113. The number of carbonyl (C=O) groups is 2. The molecule has 11 heteroatoms. The van der Waals surface area contributed by atoms with E-state index in [2.05, 4.69) is 25.8 Å². The maximum absolute atomic E-state index is 12.8. The van der Waals surface area contributed by atoms with Crippen LogP contribution in [0.25, 0.3) is 5.69 Å². The topological polar surface area (TPSA) is 111 Å². The van der Waals surface area contributed by atoms with Crippen LogP contribution in [0.1, 0.15) is 21.7 Å². The van der Waals surface area contributed by atoms with Crippen molar-refractivity contribution in [3.8, 4) is 11.4 Å². The first-order valence-corrected chi connectivity index (χ1v) is 12.2. The molecule has 0 radical (unpaired) electrons. The summed E-state index contributed by atoms with van der Waals surface area (Å²) in [5, 5.41) is 17.1. The van der Waals surface area contributed by atoms with Crippen LogP contribution in [0, 0.1) is 6.92 Å². The molecule has 4 rings (SSSR count). The maximum Gasteiger partial charge on any atom is 0.255 e. The van der Waals surface area contributed by atoms with Crippen molar-refractivity contribution in [2.24, 2.45) is 0 Å². The van der Waals surface area contributed by atoms with Crippen LogP contribution in [-0.4, -0.2) is 44.4 Å². The molecule has 4 aromatic rings. The summed E-state index contributed by atoms with van der Waals surface area (Å²) < 4.78 is 7.13. The fourth-order valence-electron chi connectivity index (χ4n) is 3.19. The zero-order valence-electron chi connectivity index (χ0n) is 18.5. The minimum atomic E-state index is -0.284. The summed E-state index contributed by atoms with van der Waals surface area (Å²) >= 11 is 2.61. The summed E-state index contributed by atoms with van der Waals surface area (Å²) in [5.74, 6) is 0.689. The number of para-hydroxylation sites is 1. The van der Waals surface area contributed by atoms with Gasteiger partial charge in [0.05, 0.1) is 25.0 Å². The molecule has 2 heterocycles. The molecule has 174 valence electrons. The fraction of sp³-hybridized carbons (Fsp3) is 0.174. The first kappa shape index (κ1) is 23.5. The predicted octanol–water partition coefficient (Wildman–Crippen LogP) is 3.70. The molecule has 2 aromatic heterocycles. The molecule has 34 heavy (non-hydrogen) atoms. The van der Waals surface area contributed by atoms with E-state index in [0.717, 1.165) is 11.3 Å². The molecule has 0 aliphatic rings. The Hall–Kier alpha value is -3.70. The molecule has 0 aliphatic heterocycles. The molecule has 0 saturated carbocycles. The van der Waals surface area contributed by atoms with E-state index in [9.17, 15) is 9.59 Å². The number of rotatable bonds is 9. The minimum Gasteiger partial charge on any atom is -0.496 e. The average Bonchev–Trinajstić information content (AvgIpc) is 3.51. The van der Waals surface area contributed by atoms with Crippen LogP contribution in [0.2, 0.25) is 0 Å². The maximum atomic E-state index is 12.8. The summed E-state index contributed by atoms with van der Waals surface area (Å²) in [6.07, 6.45) is 1.63. The Kier molecular flexibility index (Phi) is 7.55. The van der Waals surface area contributed by atoms with Crippen LogP contribution in [0.3, 0.4) is 0 Å². The van der Waals surface area contributed by atoms with Crippen molar-refractivity contribution >= 4 is 40.0 Å². The number of aryl methyl sites for hydroxylation is 1.